The molecule has 0 aromatic heterocycles. The van der Waals surface area contributed by atoms with Crippen molar-refractivity contribution in [3.8, 4) is 23.6 Å². The van der Waals surface area contributed by atoms with E-state index in [2.05, 4.69) is 28.1 Å². The normalized spacial score (nSPS) is 9.76. The molecule has 0 atom stereocenters. The van der Waals surface area contributed by atoms with Gasteiger partial charge in [-0.25, -0.2) is 0 Å². The number of ether oxygens (including phenoxy) is 1. The van der Waals surface area contributed by atoms with Gasteiger partial charge in [-0.05, 0) is 54.8 Å². The van der Waals surface area contributed by atoms with Crippen LogP contribution in [0.2, 0.25) is 0 Å². The fourth-order valence-electron chi connectivity index (χ4n) is 2.12. The third-order valence-corrected chi connectivity index (χ3v) is 3.77. The molecule has 0 fully saturated rings. The first kappa shape index (κ1) is 15.1. The van der Waals surface area contributed by atoms with E-state index < -0.39 is 0 Å². The highest BCUT2D eigenvalue weighted by Gasteiger charge is 2.11. The fraction of sp³-hybridized carbons (Fsp3) is 0.176. The summed E-state index contributed by atoms with van der Waals surface area (Å²) in [5.74, 6) is 1.22. The summed E-state index contributed by atoms with van der Waals surface area (Å²) in [5, 5.41) is 18.9. The number of benzene rings is 2. The summed E-state index contributed by atoms with van der Waals surface area (Å²) in [6, 6.07) is 13.4. The Bertz CT molecular complexity index is 746. The molecule has 0 heterocycles. The molecule has 0 spiro atoms. The lowest BCUT2D eigenvalue weighted by atomic mass is 10.1. The maximum absolute atomic E-state index is 9.25. The van der Waals surface area contributed by atoms with Crippen LogP contribution in [-0.2, 0) is 5.33 Å². The van der Waals surface area contributed by atoms with E-state index >= 15 is 0 Å². The molecule has 2 aromatic carbocycles. The quantitative estimate of drug-likeness (QED) is 0.758. The van der Waals surface area contributed by atoms with E-state index in [1.807, 2.05) is 19.9 Å². The molecular formula is C17H13BrN2O. The third-order valence-electron chi connectivity index (χ3n) is 3.12. The molecule has 0 unspecified atom stereocenters. The van der Waals surface area contributed by atoms with E-state index in [-0.39, 0.29) is 0 Å². The number of hydrogen-bond acceptors (Lipinski definition) is 3. The number of hydrogen-bond donors (Lipinski definition) is 0. The molecule has 0 aliphatic rings. The van der Waals surface area contributed by atoms with Crippen molar-refractivity contribution in [3.05, 3.63) is 58.1 Å². The van der Waals surface area contributed by atoms with Crippen LogP contribution in [0.25, 0.3) is 0 Å². The van der Waals surface area contributed by atoms with Crippen LogP contribution in [0.3, 0.4) is 0 Å². The Kier molecular flexibility index (Phi) is 4.62. The summed E-state index contributed by atoms with van der Waals surface area (Å²) in [4.78, 5) is 0. The Balaban J connectivity index is 2.44. The summed E-state index contributed by atoms with van der Waals surface area (Å²) in [6.45, 7) is 3.78. The van der Waals surface area contributed by atoms with Crippen molar-refractivity contribution >= 4 is 15.9 Å². The van der Waals surface area contributed by atoms with Crippen molar-refractivity contribution in [2.24, 2.45) is 0 Å². The summed E-state index contributed by atoms with van der Waals surface area (Å²) >= 11 is 3.37. The Hall–Kier alpha value is -2.30. The lowest BCUT2D eigenvalue weighted by Crippen LogP contribution is -1.95. The highest BCUT2D eigenvalue weighted by Crippen LogP contribution is 2.32. The molecule has 0 bridgehead atoms. The topological polar surface area (TPSA) is 56.8 Å². The van der Waals surface area contributed by atoms with Crippen molar-refractivity contribution < 1.29 is 4.74 Å². The molecule has 0 aliphatic carbocycles. The highest BCUT2D eigenvalue weighted by atomic mass is 79.9. The van der Waals surface area contributed by atoms with Crippen LogP contribution in [0.5, 0.6) is 11.5 Å². The van der Waals surface area contributed by atoms with Crippen molar-refractivity contribution in [2.45, 2.75) is 19.2 Å². The molecule has 4 heteroatoms. The van der Waals surface area contributed by atoms with Crippen LogP contribution in [-0.4, -0.2) is 0 Å². The van der Waals surface area contributed by atoms with Gasteiger partial charge in [0.15, 0.2) is 0 Å². The van der Waals surface area contributed by atoms with Gasteiger partial charge in [0.25, 0.3) is 0 Å². The van der Waals surface area contributed by atoms with Gasteiger partial charge in [0.1, 0.15) is 17.6 Å². The Morgan fingerprint density at radius 1 is 1.05 bits per heavy atom. The first-order chi connectivity index (χ1) is 10.1. The predicted molar refractivity (Wildman–Crippen MR) is 84.5 cm³/mol. The second kappa shape index (κ2) is 6.43. The van der Waals surface area contributed by atoms with Gasteiger partial charge in [0.05, 0.1) is 17.2 Å². The average Bonchev–Trinajstić information content (AvgIpc) is 2.50. The van der Waals surface area contributed by atoms with Crippen molar-refractivity contribution in [2.75, 3.05) is 0 Å². The van der Waals surface area contributed by atoms with E-state index in [0.29, 0.717) is 28.0 Å². The molecule has 0 saturated heterocycles. The maximum atomic E-state index is 9.25. The SMILES string of the molecule is Cc1cc(C#N)cc(C)c1Oc1ccc(CBr)cc1C#N. The van der Waals surface area contributed by atoms with Crippen molar-refractivity contribution in [3.63, 3.8) is 0 Å². The average molecular weight is 341 g/mol. The zero-order chi connectivity index (χ0) is 15.4. The van der Waals surface area contributed by atoms with E-state index in [1.165, 1.54) is 0 Å². The Morgan fingerprint density at radius 3 is 2.24 bits per heavy atom. The van der Waals surface area contributed by atoms with E-state index in [0.717, 1.165) is 16.7 Å². The largest absolute Gasteiger partial charge is 0.455 e. The fourth-order valence-corrected chi connectivity index (χ4v) is 2.47. The molecule has 104 valence electrons. The predicted octanol–water partition coefficient (Wildman–Crippen LogP) is 4.73. The zero-order valence-electron chi connectivity index (χ0n) is 11.8. The zero-order valence-corrected chi connectivity index (χ0v) is 13.4. The van der Waals surface area contributed by atoms with Crippen LogP contribution in [0.1, 0.15) is 27.8 Å². The molecule has 2 rings (SSSR count). The van der Waals surface area contributed by atoms with Gasteiger partial charge in [-0.15, -0.1) is 0 Å². The molecule has 0 aliphatic heterocycles. The second-order valence-corrected chi connectivity index (χ2v) is 5.29. The Morgan fingerprint density at radius 2 is 1.71 bits per heavy atom. The first-order valence-electron chi connectivity index (χ1n) is 6.37. The summed E-state index contributed by atoms with van der Waals surface area (Å²) in [7, 11) is 0. The monoisotopic (exact) mass is 340 g/mol. The second-order valence-electron chi connectivity index (χ2n) is 4.73. The molecule has 2 aromatic rings. The molecule has 0 amide bonds. The van der Waals surface area contributed by atoms with Gasteiger partial charge in [0.2, 0.25) is 0 Å². The van der Waals surface area contributed by atoms with Crippen molar-refractivity contribution in [1.29, 1.82) is 10.5 Å². The molecule has 3 nitrogen and oxygen atoms in total. The van der Waals surface area contributed by atoms with Crippen LogP contribution in [0.4, 0.5) is 0 Å². The number of rotatable bonds is 3. The number of halogens is 1. The minimum Gasteiger partial charge on any atom is -0.455 e. The lowest BCUT2D eigenvalue weighted by molar-refractivity contribution is 0.473. The van der Waals surface area contributed by atoms with Gasteiger partial charge >= 0.3 is 0 Å². The third kappa shape index (κ3) is 3.24. The smallest absolute Gasteiger partial charge is 0.145 e. The van der Waals surface area contributed by atoms with Crippen LogP contribution in [0.15, 0.2) is 30.3 Å². The number of aryl methyl sites for hydroxylation is 2. The maximum Gasteiger partial charge on any atom is 0.145 e. The van der Waals surface area contributed by atoms with Crippen molar-refractivity contribution in [1.82, 2.24) is 0 Å². The highest BCUT2D eigenvalue weighted by molar-refractivity contribution is 9.08. The van der Waals surface area contributed by atoms with Gasteiger partial charge in [0, 0.05) is 5.33 Å². The molecule has 0 saturated carbocycles. The Labute approximate surface area is 132 Å². The number of nitriles is 2. The summed E-state index contributed by atoms with van der Waals surface area (Å²) in [5.41, 5.74) is 3.87. The molecule has 0 radical (unpaired) electrons. The van der Waals surface area contributed by atoms with Crippen LogP contribution >= 0.6 is 15.9 Å². The molecular weight excluding hydrogens is 328 g/mol. The molecule has 0 N–H and O–H groups in total. The summed E-state index contributed by atoms with van der Waals surface area (Å²) in [6.07, 6.45) is 0. The first-order valence-corrected chi connectivity index (χ1v) is 7.49. The van der Waals surface area contributed by atoms with Gasteiger partial charge in [-0.2, -0.15) is 10.5 Å². The molecule has 21 heavy (non-hydrogen) atoms. The minimum absolute atomic E-state index is 0.495. The van der Waals surface area contributed by atoms with E-state index in [1.54, 1.807) is 24.3 Å². The summed E-state index contributed by atoms with van der Waals surface area (Å²) < 4.78 is 5.91. The minimum atomic E-state index is 0.495. The van der Waals surface area contributed by atoms with E-state index in [9.17, 15) is 5.26 Å². The number of nitrogens with zero attached hydrogens (tertiary/aromatic N) is 2. The van der Waals surface area contributed by atoms with Gasteiger partial charge in [-0.1, -0.05) is 22.0 Å². The standard InChI is InChI=1S/C17H13BrN2O/c1-11-5-14(9-19)6-12(2)17(11)21-16-4-3-13(8-18)7-15(16)10-20/h3-7H,8H2,1-2H3. The van der Waals surface area contributed by atoms with Gasteiger partial charge < -0.3 is 4.74 Å². The van der Waals surface area contributed by atoms with Crippen LogP contribution < -0.4 is 4.74 Å². The number of alkyl halides is 1. The van der Waals surface area contributed by atoms with E-state index in [4.69, 9.17) is 10.00 Å². The van der Waals surface area contributed by atoms with Gasteiger partial charge in [-0.3, -0.25) is 0 Å². The van der Waals surface area contributed by atoms with Crippen LogP contribution in [0, 0.1) is 36.5 Å². The lowest BCUT2D eigenvalue weighted by Gasteiger charge is -2.13.